The van der Waals surface area contributed by atoms with Crippen LogP contribution < -0.4 is 16.4 Å². The van der Waals surface area contributed by atoms with E-state index in [9.17, 15) is 4.79 Å². The fraction of sp³-hybridized carbons (Fsp3) is 0.500. The first kappa shape index (κ1) is 13.2. The third-order valence-corrected chi connectivity index (χ3v) is 1.94. The fourth-order valence-corrected chi connectivity index (χ4v) is 1.13. The average Bonchev–Trinajstić information content (AvgIpc) is 2.29. The lowest BCUT2D eigenvalue weighted by molar-refractivity contribution is -0.121. The Labute approximate surface area is 99.8 Å². The van der Waals surface area contributed by atoms with E-state index in [0.717, 1.165) is 0 Å². The highest BCUT2D eigenvalue weighted by molar-refractivity contribution is 5.76. The van der Waals surface area contributed by atoms with Gasteiger partial charge < -0.3 is 21.1 Å². The molecule has 17 heavy (non-hydrogen) atoms. The average molecular weight is 239 g/mol. The van der Waals surface area contributed by atoms with Crippen LogP contribution in [0.25, 0.3) is 0 Å². The van der Waals surface area contributed by atoms with Crippen LogP contribution in [0.5, 0.6) is 0 Å². The number of amides is 1. The van der Waals surface area contributed by atoms with E-state index in [1.54, 1.807) is 19.4 Å². The van der Waals surface area contributed by atoms with E-state index in [4.69, 9.17) is 10.5 Å². The van der Waals surface area contributed by atoms with Gasteiger partial charge in [0.2, 0.25) is 11.9 Å². The lowest BCUT2D eigenvalue weighted by atomic mass is 10.4. The van der Waals surface area contributed by atoms with E-state index in [-0.39, 0.29) is 5.91 Å². The first-order valence-electron chi connectivity index (χ1n) is 5.30. The van der Waals surface area contributed by atoms with Gasteiger partial charge in [0.1, 0.15) is 5.82 Å². The molecule has 0 radical (unpaired) electrons. The minimum absolute atomic E-state index is 0.0431. The van der Waals surface area contributed by atoms with Crippen LogP contribution in [-0.2, 0) is 9.53 Å². The minimum Gasteiger partial charge on any atom is -0.384 e. The highest BCUT2D eigenvalue weighted by atomic mass is 16.5. The molecule has 0 saturated heterocycles. The standard InChI is InChI=1S/C10H17N5O2/c1-17-7-6-12-9(16)3-5-14-10-13-4-2-8(11)15-10/h2,4H,3,5-7H2,1H3,(H,12,16)(H3,11,13,14,15). The highest BCUT2D eigenvalue weighted by Crippen LogP contribution is 2.00. The summed E-state index contributed by atoms with van der Waals surface area (Å²) in [5, 5.41) is 5.62. The zero-order valence-corrected chi connectivity index (χ0v) is 9.77. The lowest BCUT2D eigenvalue weighted by Gasteiger charge is -2.06. The summed E-state index contributed by atoms with van der Waals surface area (Å²) in [5.41, 5.74) is 5.49. The number of anilines is 2. The number of hydrogen-bond donors (Lipinski definition) is 3. The van der Waals surface area contributed by atoms with Gasteiger partial charge in [0, 0.05) is 32.8 Å². The molecule has 0 atom stereocenters. The second-order valence-electron chi connectivity index (χ2n) is 3.32. The van der Waals surface area contributed by atoms with Gasteiger partial charge in [-0.3, -0.25) is 4.79 Å². The Kier molecular flexibility index (Phi) is 5.73. The van der Waals surface area contributed by atoms with Crippen molar-refractivity contribution in [3.63, 3.8) is 0 Å². The molecule has 1 amide bonds. The van der Waals surface area contributed by atoms with Gasteiger partial charge in [-0.15, -0.1) is 0 Å². The Bertz CT molecular complexity index is 358. The molecular weight excluding hydrogens is 222 g/mol. The zero-order valence-electron chi connectivity index (χ0n) is 9.77. The summed E-state index contributed by atoms with van der Waals surface area (Å²) in [6, 6.07) is 1.60. The van der Waals surface area contributed by atoms with Gasteiger partial charge in [0.15, 0.2) is 0 Å². The van der Waals surface area contributed by atoms with Crippen LogP contribution in [0.15, 0.2) is 12.3 Å². The molecule has 1 aromatic rings. The first-order valence-corrected chi connectivity index (χ1v) is 5.30. The Hall–Kier alpha value is -1.89. The largest absolute Gasteiger partial charge is 0.384 e. The Morgan fingerprint density at radius 2 is 2.35 bits per heavy atom. The molecule has 7 nitrogen and oxygen atoms in total. The molecule has 4 N–H and O–H groups in total. The van der Waals surface area contributed by atoms with Crippen LogP contribution in [-0.4, -0.2) is 42.7 Å². The Morgan fingerprint density at radius 1 is 1.53 bits per heavy atom. The second-order valence-corrected chi connectivity index (χ2v) is 3.32. The van der Waals surface area contributed by atoms with Crippen molar-refractivity contribution in [3.8, 4) is 0 Å². The molecule has 0 aromatic carbocycles. The number of carbonyl (C=O) groups excluding carboxylic acids is 1. The third-order valence-electron chi connectivity index (χ3n) is 1.94. The number of methoxy groups -OCH3 is 1. The molecule has 0 bridgehead atoms. The predicted molar refractivity (Wildman–Crippen MR) is 64.4 cm³/mol. The molecule has 0 saturated carbocycles. The van der Waals surface area contributed by atoms with Crippen LogP contribution in [0.3, 0.4) is 0 Å². The van der Waals surface area contributed by atoms with Crippen LogP contribution in [0.1, 0.15) is 6.42 Å². The quantitative estimate of drug-likeness (QED) is 0.561. The predicted octanol–water partition coefficient (Wildman–Crippen LogP) is -0.377. The molecule has 0 aliphatic rings. The maximum absolute atomic E-state index is 11.3. The topological polar surface area (TPSA) is 102 Å². The highest BCUT2D eigenvalue weighted by Gasteiger charge is 2.01. The van der Waals surface area contributed by atoms with E-state index >= 15 is 0 Å². The third kappa shape index (κ3) is 5.67. The number of aromatic nitrogens is 2. The summed E-state index contributed by atoms with van der Waals surface area (Å²) in [5.74, 6) is 0.778. The van der Waals surface area contributed by atoms with Gasteiger partial charge in [0.05, 0.1) is 6.61 Å². The van der Waals surface area contributed by atoms with Gasteiger partial charge in [-0.2, -0.15) is 4.98 Å². The van der Waals surface area contributed by atoms with E-state index < -0.39 is 0 Å². The van der Waals surface area contributed by atoms with Crippen molar-refractivity contribution in [1.82, 2.24) is 15.3 Å². The van der Waals surface area contributed by atoms with E-state index in [1.165, 1.54) is 0 Å². The summed E-state index contributed by atoms with van der Waals surface area (Å²) in [6.07, 6.45) is 1.91. The number of nitrogen functional groups attached to an aromatic ring is 1. The van der Waals surface area contributed by atoms with Crippen LogP contribution in [0.4, 0.5) is 11.8 Å². The number of rotatable bonds is 7. The Balaban J connectivity index is 2.17. The lowest BCUT2D eigenvalue weighted by Crippen LogP contribution is -2.28. The Morgan fingerprint density at radius 3 is 3.06 bits per heavy atom. The first-order chi connectivity index (χ1) is 8.22. The second kappa shape index (κ2) is 7.39. The number of ether oxygens (including phenoxy) is 1. The molecule has 1 aromatic heterocycles. The van der Waals surface area contributed by atoms with E-state index in [1.807, 2.05) is 0 Å². The molecule has 0 fully saturated rings. The number of carbonyl (C=O) groups is 1. The van der Waals surface area contributed by atoms with Gasteiger partial charge in [-0.05, 0) is 6.07 Å². The zero-order chi connectivity index (χ0) is 12.5. The van der Waals surface area contributed by atoms with E-state index in [2.05, 4.69) is 20.6 Å². The molecule has 1 rings (SSSR count). The molecular formula is C10H17N5O2. The molecule has 0 aliphatic carbocycles. The number of hydrogen-bond acceptors (Lipinski definition) is 6. The number of nitrogens with one attached hydrogen (secondary N) is 2. The maximum Gasteiger partial charge on any atom is 0.224 e. The van der Waals surface area contributed by atoms with Crippen molar-refractivity contribution in [1.29, 1.82) is 0 Å². The van der Waals surface area contributed by atoms with Crippen LogP contribution in [0, 0.1) is 0 Å². The smallest absolute Gasteiger partial charge is 0.224 e. The summed E-state index contributed by atoms with van der Waals surface area (Å²) < 4.78 is 4.81. The maximum atomic E-state index is 11.3. The van der Waals surface area contributed by atoms with Crippen molar-refractivity contribution >= 4 is 17.7 Å². The van der Waals surface area contributed by atoms with Gasteiger partial charge in [0.25, 0.3) is 0 Å². The van der Waals surface area contributed by atoms with Gasteiger partial charge in [-0.25, -0.2) is 4.98 Å². The molecule has 0 spiro atoms. The number of nitrogens with two attached hydrogens (primary N) is 1. The van der Waals surface area contributed by atoms with Crippen molar-refractivity contribution in [2.24, 2.45) is 0 Å². The summed E-state index contributed by atoms with van der Waals surface area (Å²) in [4.78, 5) is 19.2. The summed E-state index contributed by atoms with van der Waals surface area (Å²) >= 11 is 0. The molecule has 1 heterocycles. The minimum atomic E-state index is -0.0431. The fourth-order valence-electron chi connectivity index (χ4n) is 1.13. The van der Waals surface area contributed by atoms with Crippen LogP contribution >= 0.6 is 0 Å². The SMILES string of the molecule is COCCNC(=O)CCNc1nccc(N)n1. The molecule has 0 aliphatic heterocycles. The van der Waals surface area contributed by atoms with Crippen molar-refractivity contribution in [3.05, 3.63) is 12.3 Å². The summed E-state index contributed by atoms with van der Waals surface area (Å²) in [7, 11) is 1.59. The molecule has 94 valence electrons. The van der Waals surface area contributed by atoms with Crippen molar-refractivity contribution in [2.75, 3.05) is 37.9 Å². The molecule has 7 heteroatoms. The number of nitrogens with zero attached hydrogens (tertiary/aromatic N) is 2. The van der Waals surface area contributed by atoms with E-state index in [0.29, 0.717) is 37.9 Å². The van der Waals surface area contributed by atoms with Gasteiger partial charge in [-0.1, -0.05) is 0 Å². The van der Waals surface area contributed by atoms with Crippen LogP contribution in [0.2, 0.25) is 0 Å². The van der Waals surface area contributed by atoms with Crippen molar-refractivity contribution in [2.45, 2.75) is 6.42 Å². The van der Waals surface area contributed by atoms with Crippen molar-refractivity contribution < 1.29 is 9.53 Å². The van der Waals surface area contributed by atoms with Gasteiger partial charge >= 0.3 is 0 Å². The molecule has 0 unspecified atom stereocenters. The monoisotopic (exact) mass is 239 g/mol. The normalized spacial score (nSPS) is 9.94. The summed E-state index contributed by atoms with van der Waals surface area (Å²) in [6.45, 7) is 1.49.